The zero-order chi connectivity index (χ0) is 38.1. The predicted molar refractivity (Wildman–Crippen MR) is 197 cm³/mol. The van der Waals surface area contributed by atoms with Gasteiger partial charge in [0.2, 0.25) is 11.8 Å². The summed E-state index contributed by atoms with van der Waals surface area (Å²) in [6.45, 7) is 10.5. The molecule has 14 nitrogen and oxygen atoms in total. The number of thiazole rings is 2. The van der Waals surface area contributed by atoms with Gasteiger partial charge in [0.1, 0.15) is 22.8 Å². The number of nitrogens with one attached hydrogen (secondary N) is 2. The Morgan fingerprint density at radius 1 is 1.10 bits per heavy atom. The maximum Gasteiger partial charge on any atom is 0.308 e. The van der Waals surface area contributed by atoms with Crippen LogP contribution in [0.1, 0.15) is 86.9 Å². The molecule has 1 saturated carbocycles. The largest absolute Gasteiger partial charge is 0.469 e. The van der Waals surface area contributed by atoms with Gasteiger partial charge in [-0.25, -0.2) is 9.97 Å². The second-order valence-electron chi connectivity index (χ2n) is 14.4. The fourth-order valence-corrected chi connectivity index (χ4v) is 8.22. The van der Waals surface area contributed by atoms with Gasteiger partial charge in [0.05, 0.1) is 31.2 Å². The Bertz CT molecular complexity index is 1520. The number of esters is 2. The fourth-order valence-electron chi connectivity index (χ4n) is 6.68. The molecule has 0 unspecified atom stereocenters. The molecule has 1 aliphatic heterocycles. The molecular formula is C36H54N6O8S2. The van der Waals surface area contributed by atoms with E-state index in [-0.39, 0.29) is 48.3 Å². The number of morpholine rings is 1. The Balaban J connectivity index is 1.51. The normalized spacial score (nSPS) is 19.8. The quantitative estimate of drug-likeness (QED) is 0.213. The molecule has 0 aromatic carbocycles. The third-order valence-corrected chi connectivity index (χ3v) is 11.8. The molecule has 2 N–H and O–H groups in total. The lowest BCUT2D eigenvalue weighted by Gasteiger charge is -2.38. The van der Waals surface area contributed by atoms with Crippen molar-refractivity contribution in [2.75, 3.05) is 41.0 Å². The molecule has 2 fully saturated rings. The molecule has 3 heterocycles. The molecule has 0 bridgehead atoms. The van der Waals surface area contributed by atoms with Gasteiger partial charge in [-0.2, -0.15) is 0 Å². The van der Waals surface area contributed by atoms with Crippen LogP contribution in [0.2, 0.25) is 0 Å². The summed E-state index contributed by atoms with van der Waals surface area (Å²) >= 11 is 2.66. The van der Waals surface area contributed by atoms with Crippen LogP contribution in [0.15, 0.2) is 17.0 Å². The minimum absolute atomic E-state index is 0.0522. The van der Waals surface area contributed by atoms with E-state index < -0.39 is 48.1 Å². The van der Waals surface area contributed by atoms with Gasteiger partial charge in [-0.05, 0) is 44.1 Å². The highest BCUT2D eigenvalue weighted by Gasteiger charge is 2.42. The highest BCUT2D eigenvalue weighted by Crippen LogP contribution is 2.39. The molecule has 1 saturated heterocycles. The third-order valence-electron chi connectivity index (χ3n) is 10.0. The molecule has 3 amide bonds. The summed E-state index contributed by atoms with van der Waals surface area (Å²) in [4.78, 5) is 78.4. The first-order valence-electron chi connectivity index (χ1n) is 17.9. The minimum atomic E-state index is -0.834. The van der Waals surface area contributed by atoms with E-state index in [0.29, 0.717) is 36.9 Å². The second kappa shape index (κ2) is 19.0. The number of rotatable bonds is 18. The molecule has 2 aliphatic rings. The number of carbonyl (C=O) groups excluding carboxylic acids is 5. The average molecular weight is 763 g/mol. The number of hydrogen-bond donors (Lipinski definition) is 2. The molecular weight excluding hydrogens is 709 g/mol. The number of carbonyl (C=O) groups is 5. The molecule has 288 valence electrons. The number of methoxy groups -OCH3 is 1. The Labute approximate surface area is 314 Å². The van der Waals surface area contributed by atoms with E-state index in [0.717, 1.165) is 17.8 Å². The Morgan fingerprint density at radius 3 is 2.42 bits per heavy atom. The van der Waals surface area contributed by atoms with Crippen molar-refractivity contribution in [3.63, 3.8) is 0 Å². The topological polar surface area (TPSA) is 169 Å². The number of amides is 3. The van der Waals surface area contributed by atoms with E-state index in [1.165, 1.54) is 36.7 Å². The molecule has 2 aromatic heterocycles. The van der Waals surface area contributed by atoms with Crippen molar-refractivity contribution >= 4 is 52.3 Å². The summed E-state index contributed by atoms with van der Waals surface area (Å²) in [5, 5.41) is 10.8. The summed E-state index contributed by atoms with van der Waals surface area (Å²) in [5.74, 6) is -1.99. The van der Waals surface area contributed by atoms with Gasteiger partial charge in [0.25, 0.3) is 5.91 Å². The lowest BCUT2D eigenvalue weighted by atomic mass is 9.91. The van der Waals surface area contributed by atoms with Gasteiger partial charge in [-0.1, -0.05) is 27.7 Å². The average Bonchev–Trinajstić information content (AvgIpc) is 3.60. The van der Waals surface area contributed by atoms with E-state index in [4.69, 9.17) is 14.2 Å². The van der Waals surface area contributed by atoms with Crippen LogP contribution in [0.3, 0.4) is 0 Å². The number of aromatic nitrogens is 2. The van der Waals surface area contributed by atoms with Crippen LogP contribution >= 0.6 is 22.7 Å². The Hall–Kier alpha value is -3.47. The van der Waals surface area contributed by atoms with Crippen LogP contribution in [0.25, 0.3) is 0 Å². The van der Waals surface area contributed by atoms with Crippen molar-refractivity contribution in [2.24, 2.45) is 23.7 Å². The van der Waals surface area contributed by atoms with Crippen LogP contribution < -0.4 is 10.6 Å². The van der Waals surface area contributed by atoms with Crippen molar-refractivity contribution in [3.8, 4) is 0 Å². The van der Waals surface area contributed by atoms with E-state index in [9.17, 15) is 24.0 Å². The lowest BCUT2D eigenvalue weighted by Crippen LogP contribution is -2.59. The lowest BCUT2D eigenvalue weighted by molar-refractivity contribution is -0.149. The van der Waals surface area contributed by atoms with Crippen molar-refractivity contribution in [2.45, 2.75) is 97.0 Å². The van der Waals surface area contributed by atoms with E-state index in [2.05, 4.69) is 20.6 Å². The van der Waals surface area contributed by atoms with Crippen LogP contribution in [-0.4, -0.2) is 115 Å². The summed E-state index contributed by atoms with van der Waals surface area (Å²) in [5.41, 5.74) is 0.148. The highest BCUT2D eigenvalue weighted by molar-refractivity contribution is 7.10. The Morgan fingerprint density at radius 2 is 1.83 bits per heavy atom. The Kier molecular flexibility index (Phi) is 15.1. The monoisotopic (exact) mass is 762 g/mol. The van der Waals surface area contributed by atoms with Crippen LogP contribution in [-0.2, 0) is 39.8 Å². The van der Waals surface area contributed by atoms with E-state index in [1.54, 1.807) is 30.4 Å². The third kappa shape index (κ3) is 11.3. The van der Waals surface area contributed by atoms with E-state index in [1.807, 2.05) is 38.1 Å². The first kappa shape index (κ1) is 41.3. The van der Waals surface area contributed by atoms with Gasteiger partial charge >= 0.3 is 11.9 Å². The van der Waals surface area contributed by atoms with Gasteiger partial charge in [0.15, 0.2) is 6.10 Å². The summed E-state index contributed by atoms with van der Waals surface area (Å²) < 4.78 is 16.2. The van der Waals surface area contributed by atoms with Gasteiger partial charge in [0, 0.05) is 62.4 Å². The summed E-state index contributed by atoms with van der Waals surface area (Å²) in [6, 6.07) is -2.02. The maximum absolute atomic E-state index is 14.3. The van der Waals surface area contributed by atoms with Crippen LogP contribution in [0.5, 0.6) is 0 Å². The summed E-state index contributed by atoms with van der Waals surface area (Å²) in [7, 11) is 4.94. The molecule has 7 atom stereocenters. The molecule has 16 heteroatoms. The van der Waals surface area contributed by atoms with Gasteiger partial charge in [-0.15, -0.1) is 22.7 Å². The fraction of sp³-hybridized carbons (Fsp3) is 0.694. The smallest absolute Gasteiger partial charge is 0.308 e. The number of nitrogens with zero attached hydrogens (tertiary/aromatic N) is 4. The second-order valence-corrected chi connectivity index (χ2v) is 16.2. The highest BCUT2D eigenvalue weighted by atomic mass is 32.1. The SMILES string of the molecule is COC(=O)[C@@H](C)C[C@H](Cc1nccs1)NC(=O)c1csc([C@@H](C[C@H](C(C)C)N(C)C(=O)[C@@H](NC(=O)[C@H]2COCCN2C)[C@@H](C)C2CC2)OC(C)=O)n1. The van der Waals surface area contributed by atoms with Crippen molar-refractivity contribution in [1.29, 1.82) is 0 Å². The number of likely N-dealkylation sites (N-methyl/N-ethyl adjacent to an activating group) is 2. The first-order chi connectivity index (χ1) is 24.7. The predicted octanol–water partition coefficient (Wildman–Crippen LogP) is 3.48. The number of ether oxygens (including phenoxy) is 3. The number of hydrogen-bond acceptors (Lipinski definition) is 13. The van der Waals surface area contributed by atoms with Crippen molar-refractivity contribution in [3.05, 3.63) is 32.7 Å². The van der Waals surface area contributed by atoms with E-state index >= 15 is 0 Å². The van der Waals surface area contributed by atoms with Crippen molar-refractivity contribution < 1.29 is 38.2 Å². The molecule has 0 spiro atoms. The van der Waals surface area contributed by atoms with Crippen LogP contribution in [0.4, 0.5) is 0 Å². The molecule has 0 radical (unpaired) electrons. The first-order valence-corrected chi connectivity index (χ1v) is 19.7. The standard InChI is InChI=1S/C36H54N6O8S2/c1-20(2)27(42(7)35(46)31(22(4)24-9-10-24)40-33(45)28-18-49-13-12-41(28)6)17-29(50-23(5)43)34-39-26(19-52-34)32(44)38-25(15-21(3)36(47)48-8)16-30-37-11-14-51-30/h11,14,19-22,24-25,27-29,31H,9-10,12-13,15-18H2,1-8H3,(H,38,44)(H,40,45)/t21-,22-,25+,27+,28+,29+,31-/m0/s1. The molecule has 1 aliphatic carbocycles. The summed E-state index contributed by atoms with van der Waals surface area (Å²) in [6.07, 6.45) is 3.88. The molecule has 2 aromatic rings. The molecule has 52 heavy (non-hydrogen) atoms. The van der Waals surface area contributed by atoms with Gasteiger partial charge < -0.3 is 29.7 Å². The minimum Gasteiger partial charge on any atom is -0.469 e. The molecule has 4 rings (SSSR count). The zero-order valence-corrected chi connectivity index (χ0v) is 33.1. The zero-order valence-electron chi connectivity index (χ0n) is 31.5. The van der Waals surface area contributed by atoms with Crippen LogP contribution in [0, 0.1) is 23.7 Å². The maximum atomic E-state index is 14.3. The van der Waals surface area contributed by atoms with Crippen molar-refractivity contribution in [1.82, 2.24) is 30.4 Å². The van der Waals surface area contributed by atoms with Gasteiger partial charge in [-0.3, -0.25) is 28.9 Å².